The van der Waals surface area contributed by atoms with Crippen LogP contribution in [0.5, 0.6) is 0 Å². The van der Waals surface area contributed by atoms with Crippen molar-refractivity contribution >= 4 is 23.8 Å². The van der Waals surface area contributed by atoms with Crippen molar-refractivity contribution in [1.82, 2.24) is 15.1 Å². The molecular formula is C44H83N3O7. The lowest BCUT2D eigenvalue weighted by molar-refractivity contribution is -0.146. The number of nitrogens with one attached hydrogen (secondary N) is 1. The van der Waals surface area contributed by atoms with Crippen LogP contribution in [0.4, 0.5) is 0 Å². The number of amides is 2. The lowest BCUT2D eigenvalue weighted by Gasteiger charge is -2.21. The van der Waals surface area contributed by atoms with Gasteiger partial charge in [0.15, 0.2) is 0 Å². The number of carbonyl (C=O) groups is 4. The van der Waals surface area contributed by atoms with Gasteiger partial charge in [-0.05, 0) is 26.9 Å². The van der Waals surface area contributed by atoms with Gasteiger partial charge in [-0.2, -0.15) is 0 Å². The minimum atomic E-state index is -0.415. The number of carbonyl (C=O) groups excluding carboxylic acids is 4. The summed E-state index contributed by atoms with van der Waals surface area (Å²) in [5.74, 6) is -1.36. The van der Waals surface area contributed by atoms with Crippen molar-refractivity contribution in [2.24, 2.45) is 0 Å². The van der Waals surface area contributed by atoms with Gasteiger partial charge in [0.2, 0.25) is 11.8 Å². The normalized spacial score (nSPS) is 11.4. The van der Waals surface area contributed by atoms with Gasteiger partial charge in [-0.3, -0.25) is 19.2 Å². The molecule has 0 unspecified atom stereocenters. The van der Waals surface area contributed by atoms with E-state index >= 15 is 0 Å². The molecular weight excluding hydrogens is 682 g/mol. The maximum absolute atomic E-state index is 13.0. The summed E-state index contributed by atoms with van der Waals surface area (Å²) >= 11 is 0. The zero-order valence-corrected chi connectivity index (χ0v) is 35.4. The maximum atomic E-state index is 13.0. The molecule has 0 aliphatic heterocycles. The van der Waals surface area contributed by atoms with E-state index in [2.05, 4.69) is 19.2 Å². The van der Waals surface area contributed by atoms with Crippen molar-refractivity contribution in [3.8, 4) is 0 Å². The number of hydrogen-bond donors (Lipinski definition) is 1. The van der Waals surface area contributed by atoms with E-state index in [1.807, 2.05) is 19.0 Å². The van der Waals surface area contributed by atoms with Crippen LogP contribution < -0.4 is 5.32 Å². The van der Waals surface area contributed by atoms with Crippen LogP contribution in [-0.4, -0.2) is 100 Å². The van der Waals surface area contributed by atoms with Gasteiger partial charge in [0.05, 0.1) is 26.3 Å². The number of rotatable bonds is 40. The predicted octanol–water partition coefficient (Wildman–Crippen LogP) is 9.33. The molecule has 0 bridgehead atoms. The van der Waals surface area contributed by atoms with Crippen molar-refractivity contribution in [3.05, 3.63) is 12.2 Å². The Labute approximate surface area is 331 Å². The molecule has 0 aromatic rings. The molecule has 0 rings (SSSR count). The Hall–Kier alpha value is -2.46. The van der Waals surface area contributed by atoms with Crippen molar-refractivity contribution < 1.29 is 33.4 Å². The van der Waals surface area contributed by atoms with Crippen LogP contribution in [-0.2, 0) is 33.4 Å². The Kier molecular flexibility index (Phi) is 38.4. The standard InChI is InChI=1S/C44H83N3O7/c1-5-7-9-11-13-15-17-19-21-23-25-27-29-43(50)53-39-35-47(42(49)32-31-41(48)45-33-37-52-38-34-46(3)4)36-40-54-44(51)30-28-26-24-22-20-18-16-14-12-10-8-6-2/h31-32H,5-30,33-40H2,1-4H3,(H,45,48). The van der Waals surface area contributed by atoms with E-state index in [-0.39, 0.29) is 38.2 Å². The van der Waals surface area contributed by atoms with Gasteiger partial charge in [-0.15, -0.1) is 0 Å². The van der Waals surface area contributed by atoms with Gasteiger partial charge >= 0.3 is 11.9 Å². The van der Waals surface area contributed by atoms with E-state index in [1.165, 1.54) is 133 Å². The molecule has 0 saturated heterocycles. The average Bonchev–Trinajstić information content (AvgIpc) is 3.15. The summed E-state index contributed by atoms with van der Waals surface area (Å²) < 4.78 is 16.4. The molecule has 0 fully saturated rings. The molecule has 54 heavy (non-hydrogen) atoms. The van der Waals surface area contributed by atoms with E-state index in [0.717, 1.165) is 45.1 Å². The van der Waals surface area contributed by atoms with Gasteiger partial charge in [-0.25, -0.2) is 0 Å². The lowest BCUT2D eigenvalue weighted by Crippen LogP contribution is -2.36. The Balaban J connectivity index is 4.46. The molecule has 0 aliphatic carbocycles. The summed E-state index contributed by atoms with van der Waals surface area (Å²) in [6, 6.07) is 0. The molecule has 316 valence electrons. The van der Waals surface area contributed by atoms with Crippen LogP contribution in [0, 0.1) is 0 Å². The third kappa shape index (κ3) is 37.8. The van der Waals surface area contributed by atoms with E-state index in [9.17, 15) is 19.2 Å². The zero-order chi connectivity index (χ0) is 39.7. The highest BCUT2D eigenvalue weighted by Crippen LogP contribution is 2.14. The van der Waals surface area contributed by atoms with Crippen LogP contribution in [0.15, 0.2) is 12.2 Å². The molecule has 0 aliphatic rings. The van der Waals surface area contributed by atoms with E-state index in [1.54, 1.807) is 0 Å². The number of likely N-dealkylation sites (N-methyl/N-ethyl adjacent to an activating group) is 1. The Bertz CT molecular complexity index is 882. The monoisotopic (exact) mass is 766 g/mol. The number of nitrogens with zero attached hydrogens (tertiary/aromatic N) is 2. The zero-order valence-electron chi connectivity index (χ0n) is 35.4. The van der Waals surface area contributed by atoms with Gasteiger partial charge in [0.25, 0.3) is 0 Å². The molecule has 0 heterocycles. The summed E-state index contributed by atoms with van der Waals surface area (Å²) in [5, 5.41) is 2.71. The van der Waals surface area contributed by atoms with E-state index < -0.39 is 11.8 Å². The van der Waals surface area contributed by atoms with Gasteiger partial charge in [-0.1, -0.05) is 155 Å². The summed E-state index contributed by atoms with van der Waals surface area (Å²) in [6.45, 7) is 6.94. The second kappa shape index (κ2) is 40.2. The molecule has 10 heteroatoms. The van der Waals surface area contributed by atoms with Gasteiger partial charge in [0, 0.05) is 38.1 Å². The molecule has 1 N–H and O–H groups in total. The third-order valence-corrected chi connectivity index (χ3v) is 9.63. The summed E-state index contributed by atoms with van der Waals surface area (Å²) in [4.78, 5) is 53.5. The van der Waals surface area contributed by atoms with Crippen LogP contribution >= 0.6 is 0 Å². The highest BCUT2D eigenvalue weighted by atomic mass is 16.5. The summed E-state index contributed by atoms with van der Waals surface area (Å²) in [6.07, 6.45) is 32.6. The Morgan fingerprint density at radius 1 is 0.481 bits per heavy atom. The fourth-order valence-corrected chi connectivity index (χ4v) is 6.14. The molecule has 0 aromatic carbocycles. The second-order valence-electron chi connectivity index (χ2n) is 15.1. The highest BCUT2D eigenvalue weighted by Gasteiger charge is 2.14. The summed E-state index contributed by atoms with van der Waals surface area (Å²) in [7, 11) is 3.93. The first-order valence-corrected chi connectivity index (χ1v) is 22.1. The number of esters is 2. The molecule has 0 spiro atoms. The first kappa shape index (κ1) is 51.5. The van der Waals surface area contributed by atoms with Crippen molar-refractivity contribution in [3.63, 3.8) is 0 Å². The topological polar surface area (TPSA) is 114 Å². The van der Waals surface area contributed by atoms with E-state index in [0.29, 0.717) is 32.6 Å². The van der Waals surface area contributed by atoms with Crippen molar-refractivity contribution in [2.75, 3.05) is 66.7 Å². The first-order valence-electron chi connectivity index (χ1n) is 22.1. The van der Waals surface area contributed by atoms with Crippen molar-refractivity contribution in [1.29, 1.82) is 0 Å². The van der Waals surface area contributed by atoms with Crippen LogP contribution in [0.3, 0.4) is 0 Å². The highest BCUT2D eigenvalue weighted by molar-refractivity contribution is 5.96. The third-order valence-electron chi connectivity index (χ3n) is 9.63. The molecule has 0 atom stereocenters. The number of hydrogen-bond acceptors (Lipinski definition) is 8. The minimum Gasteiger partial charge on any atom is -0.464 e. The van der Waals surface area contributed by atoms with E-state index in [4.69, 9.17) is 14.2 Å². The molecule has 2 amide bonds. The number of ether oxygens (including phenoxy) is 3. The molecule has 0 radical (unpaired) electrons. The fourth-order valence-electron chi connectivity index (χ4n) is 6.14. The Morgan fingerprint density at radius 2 is 0.870 bits per heavy atom. The largest absolute Gasteiger partial charge is 0.464 e. The van der Waals surface area contributed by atoms with Crippen LogP contribution in [0.25, 0.3) is 0 Å². The molecule has 0 aromatic heterocycles. The SMILES string of the molecule is CCCCCCCCCCCCCCC(=O)OCCN(CCOC(=O)CCCCCCCCCCCCCC)C(=O)C=CC(=O)NCCOCCN(C)C. The van der Waals surface area contributed by atoms with Crippen LogP contribution in [0.1, 0.15) is 181 Å². The molecule has 0 saturated carbocycles. The minimum absolute atomic E-state index is 0.0416. The number of unbranched alkanes of at least 4 members (excludes halogenated alkanes) is 22. The van der Waals surface area contributed by atoms with Crippen molar-refractivity contribution in [2.45, 2.75) is 181 Å². The predicted molar refractivity (Wildman–Crippen MR) is 221 cm³/mol. The average molecular weight is 766 g/mol. The van der Waals surface area contributed by atoms with Gasteiger partial charge in [0.1, 0.15) is 13.2 Å². The Morgan fingerprint density at radius 3 is 1.26 bits per heavy atom. The van der Waals surface area contributed by atoms with Crippen LogP contribution in [0.2, 0.25) is 0 Å². The summed E-state index contributed by atoms with van der Waals surface area (Å²) in [5.41, 5.74) is 0. The smallest absolute Gasteiger partial charge is 0.305 e. The van der Waals surface area contributed by atoms with Gasteiger partial charge < -0.3 is 29.3 Å². The quantitative estimate of drug-likeness (QED) is 0.0373. The molecule has 10 nitrogen and oxygen atoms in total. The fraction of sp³-hybridized carbons (Fsp3) is 0.864. The lowest BCUT2D eigenvalue weighted by atomic mass is 10.0. The first-order chi connectivity index (χ1) is 26.3. The maximum Gasteiger partial charge on any atom is 0.305 e. The second-order valence-corrected chi connectivity index (χ2v) is 15.1.